The summed E-state index contributed by atoms with van der Waals surface area (Å²) >= 11 is 1.95. The highest BCUT2D eigenvalue weighted by atomic mass is 32.2. The van der Waals surface area contributed by atoms with Gasteiger partial charge in [-0.2, -0.15) is 11.8 Å². The molecule has 0 unspecified atom stereocenters. The van der Waals surface area contributed by atoms with Crippen LogP contribution in [-0.4, -0.2) is 66.2 Å². The van der Waals surface area contributed by atoms with Crippen LogP contribution in [0.15, 0.2) is 48.5 Å². The van der Waals surface area contributed by atoms with E-state index >= 15 is 0 Å². The van der Waals surface area contributed by atoms with Gasteiger partial charge in [0.2, 0.25) is 0 Å². The highest BCUT2D eigenvalue weighted by molar-refractivity contribution is 8.00. The summed E-state index contributed by atoms with van der Waals surface area (Å²) in [5.41, 5.74) is 2.18. The Morgan fingerprint density at radius 3 is 2.00 bits per heavy atom. The normalized spacial score (nSPS) is 21.2. The van der Waals surface area contributed by atoms with Crippen LogP contribution in [0.3, 0.4) is 0 Å². The summed E-state index contributed by atoms with van der Waals surface area (Å²) in [6.07, 6.45) is 3.17. The summed E-state index contributed by atoms with van der Waals surface area (Å²) in [6, 6.07) is 16.3. The number of nitrogens with zero attached hydrogens (tertiary/aromatic N) is 2. The Morgan fingerprint density at radius 2 is 1.46 bits per heavy atom. The lowest BCUT2D eigenvalue weighted by molar-refractivity contribution is -0.140. The van der Waals surface area contributed by atoms with Gasteiger partial charge in [0.05, 0.1) is 33.4 Å². The van der Waals surface area contributed by atoms with Crippen LogP contribution in [0.2, 0.25) is 0 Å². The van der Waals surface area contributed by atoms with Gasteiger partial charge in [0.15, 0.2) is 0 Å². The highest BCUT2D eigenvalue weighted by Crippen LogP contribution is 2.43. The molecule has 188 valence electrons. The van der Waals surface area contributed by atoms with Gasteiger partial charge in [-0.1, -0.05) is 30.7 Å². The number of urea groups is 1. The molecule has 2 aliphatic heterocycles. The van der Waals surface area contributed by atoms with Crippen molar-refractivity contribution in [1.29, 1.82) is 0 Å². The molecule has 0 saturated carbocycles. The molecule has 7 nitrogen and oxygen atoms in total. The van der Waals surface area contributed by atoms with E-state index in [1.165, 1.54) is 7.11 Å². The number of rotatable bonds is 11. The Morgan fingerprint density at radius 1 is 0.886 bits per heavy atom. The summed E-state index contributed by atoms with van der Waals surface area (Å²) in [4.78, 5) is 29.3. The zero-order chi connectivity index (χ0) is 24.8. The second kappa shape index (κ2) is 11.7. The fourth-order valence-corrected chi connectivity index (χ4v) is 6.65. The molecular weight excluding hydrogens is 464 g/mol. The lowest BCUT2D eigenvalue weighted by Gasteiger charge is -2.27. The third-order valence-corrected chi connectivity index (χ3v) is 8.36. The van der Waals surface area contributed by atoms with E-state index in [0.717, 1.165) is 47.6 Å². The van der Waals surface area contributed by atoms with E-state index in [1.54, 1.807) is 14.2 Å². The van der Waals surface area contributed by atoms with Gasteiger partial charge in [-0.25, -0.2) is 4.79 Å². The molecule has 0 N–H and O–H groups in total. The third-order valence-electron chi connectivity index (χ3n) is 6.88. The molecule has 4 rings (SSSR count). The SMILES string of the molecule is COC(=O)CCCC[C@H]1SC[C@@H]2[C@H]1N(Cc1ccc(OC)cc1)C(=O)N2Cc1ccc(OC)cc1. The number of thioether (sulfide) groups is 1. The zero-order valence-corrected chi connectivity index (χ0v) is 21.5. The van der Waals surface area contributed by atoms with E-state index < -0.39 is 0 Å². The Hall–Kier alpha value is -2.87. The van der Waals surface area contributed by atoms with Crippen molar-refractivity contribution in [3.05, 3.63) is 59.7 Å². The summed E-state index contributed by atoms with van der Waals surface area (Å²) in [7, 11) is 4.74. The number of carbonyl (C=O) groups excluding carboxylic acids is 2. The van der Waals surface area contributed by atoms with Gasteiger partial charge in [-0.05, 0) is 48.2 Å². The minimum Gasteiger partial charge on any atom is -0.497 e. The van der Waals surface area contributed by atoms with E-state index in [-0.39, 0.29) is 24.1 Å². The molecule has 3 atom stereocenters. The number of ether oxygens (including phenoxy) is 3. The molecule has 0 aromatic heterocycles. The Bertz CT molecular complexity index is 998. The van der Waals surface area contributed by atoms with E-state index in [2.05, 4.69) is 4.90 Å². The second-order valence-electron chi connectivity index (χ2n) is 8.99. The number of methoxy groups -OCH3 is 3. The van der Waals surface area contributed by atoms with Crippen molar-refractivity contribution >= 4 is 23.8 Å². The maximum atomic E-state index is 13.7. The number of unbranched alkanes of at least 4 members (excludes halogenated alkanes) is 1. The topological polar surface area (TPSA) is 68.3 Å². The van der Waals surface area contributed by atoms with Crippen molar-refractivity contribution in [1.82, 2.24) is 9.80 Å². The van der Waals surface area contributed by atoms with Crippen LogP contribution in [-0.2, 0) is 22.6 Å². The van der Waals surface area contributed by atoms with Crippen molar-refractivity contribution in [2.75, 3.05) is 27.1 Å². The minimum absolute atomic E-state index is 0.0893. The predicted molar refractivity (Wildman–Crippen MR) is 137 cm³/mol. The van der Waals surface area contributed by atoms with Crippen LogP contribution < -0.4 is 9.47 Å². The summed E-state index contributed by atoms with van der Waals surface area (Å²) < 4.78 is 15.3. The molecule has 2 amide bonds. The largest absolute Gasteiger partial charge is 0.497 e. The van der Waals surface area contributed by atoms with Crippen molar-refractivity contribution < 1.29 is 23.8 Å². The van der Waals surface area contributed by atoms with Crippen molar-refractivity contribution in [2.45, 2.75) is 56.1 Å². The number of amides is 2. The van der Waals surface area contributed by atoms with Crippen molar-refractivity contribution in [3.63, 3.8) is 0 Å². The lowest BCUT2D eigenvalue weighted by Crippen LogP contribution is -2.40. The number of esters is 1. The van der Waals surface area contributed by atoms with Crippen LogP contribution in [0.4, 0.5) is 4.79 Å². The molecule has 2 heterocycles. The van der Waals surface area contributed by atoms with Gasteiger partial charge < -0.3 is 24.0 Å². The van der Waals surface area contributed by atoms with Crippen LogP contribution >= 0.6 is 11.8 Å². The molecule has 8 heteroatoms. The van der Waals surface area contributed by atoms with E-state index in [0.29, 0.717) is 24.8 Å². The highest BCUT2D eigenvalue weighted by Gasteiger charge is 2.52. The molecule has 0 radical (unpaired) electrons. The first-order valence-corrected chi connectivity index (χ1v) is 13.1. The van der Waals surface area contributed by atoms with E-state index in [4.69, 9.17) is 14.2 Å². The molecule has 0 aliphatic carbocycles. The number of benzene rings is 2. The van der Waals surface area contributed by atoms with Crippen LogP contribution in [0, 0.1) is 0 Å². The molecule has 2 aliphatic rings. The molecule has 0 spiro atoms. The summed E-state index contributed by atoms with van der Waals surface area (Å²) in [5.74, 6) is 2.38. The van der Waals surface area contributed by atoms with Crippen molar-refractivity contribution in [2.24, 2.45) is 0 Å². The minimum atomic E-state index is -0.162. The molecule has 2 aromatic rings. The lowest BCUT2D eigenvalue weighted by atomic mass is 10.0. The maximum Gasteiger partial charge on any atom is 0.321 e. The molecule has 2 saturated heterocycles. The van der Waals surface area contributed by atoms with E-state index in [9.17, 15) is 9.59 Å². The van der Waals surface area contributed by atoms with Crippen LogP contribution in [0.5, 0.6) is 11.5 Å². The zero-order valence-electron chi connectivity index (χ0n) is 20.6. The first-order valence-electron chi connectivity index (χ1n) is 12.1. The number of carbonyl (C=O) groups is 2. The van der Waals surface area contributed by atoms with E-state index in [1.807, 2.05) is 65.2 Å². The Labute approximate surface area is 211 Å². The average Bonchev–Trinajstić information content (AvgIpc) is 3.41. The van der Waals surface area contributed by atoms with Gasteiger partial charge in [-0.15, -0.1) is 0 Å². The predicted octanol–water partition coefficient (Wildman–Crippen LogP) is 4.73. The van der Waals surface area contributed by atoms with Gasteiger partial charge in [0.1, 0.15) is 11.5 Å². The summed E-state index contributed by atoms with van der Waals surface area (Å²) in [6.45, 7) is 1.15. The smallest absolute Gasteiger partial charge is 0.321 e. The second-order valence-corrected chi connectivity index (χ2v) is 10.3. The third kappa shape index (κ3) is 5.86. The van der Waals surface area contributed by atoms with Gasteiger partial charge in [-0.3, -0.25) is 4.79 Å². The Balaban J connectivity index is 1.50. The van der Waals surface area contributed by atoms with Gasteiger partial charge >= 0.3 is 12.0 Å². The molecular formula is C27H34N2O5S. The number of hydrogen-bond donors (Lipinski definition) is 0. The fraction of sp³-hybridized carbons (Fsp3) is 0.481. The van der Waals surface area contributed by atoms with Crippen LogP contribution in [0.1, 0.15) is 36.8 Å². The average molecular weight is 499 g/mol. The molecule has 2 aromatic carbocycles. The monoisotopic (exact) mass is 498 g/mol. The quantitative estimate of drug-likeness (QED) is 0.254. The molecule has 35 heavy (non-hydrogen) atoms. The Kier molecular flexibility index (Phi) is 8.44. The molecule has 2 fully saturated rings. The van der Waals surface area contributed by atoms with Gasteiger partial charge in [0.25, 0.3) is 0 Å². The summed E-state index contributed by atoms with van der Waals surface area (Å²) in [5, 5.41) is 0.348. The first kappa shape index (κ1) is 25.2. The van der Waals surface area contributed by atoms with Gasteiger partial charge in [0, 0.05) is 30.5 Å². The number of fused-ring (bicyclic) bond motifs is 1. The maximum absolute atomic E-state index is 13.7. The number of hydrogen-bond acceptors (Lipinski definition) is 6. The van der Waals surface area contributed by atoms with Crippen molar-refractivity contribution in [3.8, 4) is 11.5 Å². The fourth-order valence-electron chi connectivity index (χ4n) is 4.97. The molecule has 0 bridgehead atoms. The van der Waals surface area contributed by atoms with Crippen LogP contribution in [0.25, 0.3) is 0 Å². The first-order chi connectivity index (χ1) is 17.0. The standard InChI is InChI=1S/C27H34N2O5S/c1-32-21-12-8-19(9-13-21)16-28-23-18-35-24(6-4-5-7-25(30)34-3)26(23)29(27(28)31)17-20-10-14-22(33-2)15-11-20/h8-15,23-24,26H,4-7,16-18H2,1-3H3/t23-,24-,26-/m1/s1.